The van der Waals surface area contributed by atoms with E-state index in [2.05, 4.69) is 4.74 Å². The highest BCUT2D eigenvalue weighted by molar-refractivity contribution is 5.92. The fourth-order valence-electron chi connectivity index (χ4n) is 1.77. The van der Waals surface area contributed by atoms with Gasteiger partial charge in [0.05, 0.1) is 25.2 Å². The van der Waals surface area contributed by atoms with Crippen LogP contribution in [0.5, 0.6) is 0 Å². The summed E-state index contributed by atoms with van der Waals surface area (Å²) in [4.78, 5) is 22.1. The standard InChI is InChI=1S/C13H17NO6/c1-6-8(13(19)20-2)3-7(4-9(6)14)12(18)10(15)5-11(16)17/h3-4,10,12,15,18H,5,14H2,1-2H3,(H,16,17). The monoisotopic (exact) mass is 283 g/mol. The molecule has 7 nitrogen and oxygen atoms in total. The van der Waals surface area contributed by atoms with Gasteiger partial charge < -0.3 is 25.8 Å². The first-order chi connectivity index (χ1) is 9.27. The summed E-state index contributed by atoms with van der Waals surface area (Å²) < 4.78 is 4.60. The van der Waals surface area contributed by atoms with Crippen LogP contribution in [-0.4, -0.2) is 40.5 Å². The van der Waals surface area contributed by atoms with Crippen molar-refractivity contribution in [3.05, 3.63) is 28.8 Å². The van der Waals surface area contributed by atoms with Crippen molar-refractivity contribution in [2.75, 3.05) is 12.8 Å². The molecule has 0 bridgehead atoms. The molecule has 0 aromatic heterocycles. The van der Waals surface area contributed by atoms with E-state index in [0.717, 1.165) is 0 Å². The minimum Gasteiger partial charge on any atom is -0.481 e. The van der Waals surface area contributed by atoms with Gasteiger partial charge in [0.2, 0.25) is 0 Å². The first-order valence-electron chi connectivity index (χ1n) is 5.84. The summed E-state index contributed by atoms with van der Waals surface area (Å²) in [7, 11) is 1.21. The summed E-state index contributed by atoms with van der Waals surface area (Å²) in [5.41, 5.74) is 6.77. The second-order valence-corrected chi connectivity index (χ2v) is 4.38. The van der Waals surface area contributed by atoms with Crippen LogP contribution in [0.4, 0.5) is 5.69 Å². The van der Waals surface area contributed by atoms with Gasteiger partial charge >= 0.3 is 11.9 Å². The maximum Gasteiger partial charge on any atom is 0.338 e. The largest absolute Gasteiger partial charge is 0.481 e. The number of nitrogen functional groups attached to an aromatic ring is 1. The lowest BCUT2D eigenvalue weighted by Crippen LogP contribution is -2.22. The number of aliphatic carboxylic acids is 1. The molecule has 0 radical (unpaired) electrons. The van der Waals surface area contributed by atoms with E-state index in [4.69, 9.17) is 10.8 Å². The zero-order chi connectivity index (χ0) is 15.4. The van der Waals surface area contributed by atoms with E-state index in [-0.39, 0.29) is 16.8 Å². The van der Waals surface area contributed by atoms with Gasteiger partial charge in [-0.15, -0.1) is 0 Å². The lowest BCUT2D eigenvalue weighted by molar-refractivity contribution is -0.141. The van der Waals surface area contributed by atoms with Gasteiger partial charge in [0.15, 0.2) is 0 Å². The minimum absolute atomic E-state index is 0.155. The van der Waals surface area contributed by atoms with E-state index in [9.17, 15) is 19.8 Å². The smallest absolute Gasteiger partial charge is 0.338 e. The molecule has 2 unspecified atom stereocenters. The third-order valence-electron chi connectivity index (χ3n) is 2.97. The van der Waals surface area contributed by atoms with Crippen LogP contribution in [0.2, 0.25) is 0 Å². The van der Waals surface area contributed by atoms with Crippen LogP contribution >= 0.6 is 0 Å². The Morgan fingerprint density at radius 3 is 2.45 bits per heavy atom. The molecule has 0 saturated heterocycles. The Balaban J connectivity index is 3.16. The predicted octanol–water partition coefficient (Wildman–Crippen LogP) is 0.233. The van der Waals surface area contributed by atoms with Gasteiger partial charge in [-0.25, -0.2) is 4.79 Å². The molecule has 110 valence electrons. The van der Waals surface area contributed by atoms with Gasteiger partial charge in [-0.3, -0.25) is 4.79 Å². The number of benzene rings is 1. The van der Waals surface area contributed by atoms with Crippen molar-refractivity contribution in [1.82, 2.24) is 0 Å². The number of esters is 1. The zero-order valence-corrected chi connectivity index (χ0v) is 11.2. The van der Waals surface area contributed by atoms with Gasteiger partial charge in [-0.2, -0.15) is 0 Å². The molecule has 0 aliphatic heterocycles. The quantitative estimate of drug-likeness (QED) is 0.449. The SMILES string of the molecule is COC(=O)c1cc(C(O)C(O)CC(=O)O)cc(N)c1C. The number of carbonyl (C=O) groups is 2. The van der Waals surface area contributed by atoms with Gasteiger partial charge in [0, 0.05) is 5.69 Å². The molecular weight excluding hydrogens is 266 g/mol. The van der Waals surface area contributed by atoms with Crippen molar-refractivity contribution in [1.29, 1.82) is 0 Å². The maximum absolute atomic E-state index is 11.6. The summed E-state index contributed by atoms with van der Waals surface area (Å²) in [5.74, 6) is -1.87. The van der Waals surface area contributed by atoms with Crippen LogP contribution < -0.4 is 5.73 Å². The lowest BCUT2D eigenvalue weighted by Gasteiger charge is -2.18. The van der Waals surface area contributed by atoms with Crippen LogP contribution in [-0.2, 0) is 9.53 Å². The third kappa shape index (κ3) is 3.46. The van der Waals surface area contributed by atoms with Crippen molar-refractivity contribution in [3.63, 3.8) is 0 Å². The number of ether oxygens (including phenoxy) is 1. The Morgan fingerprint density at radius 2 is 1.95 bits per heavy atom. The summed E-state index contributed by atoms with van der Waals surface area (Å²) in [6.07, 6.45) is -3.58. The number of carbonyl (C=O) groups excluding carboxylic acids is 1. The number of aliphatic hydroxyl groups is 2. The van der Waals surface area contributed by atoms with Crippen LogP contribution in [0.1, 0.15) is 34.0 Å². The van der Waals surface area contributed by atoms with Gasteiger partial charge in [-0.05, 0) is 30.2 Å². The predicted molar refractivity (Wildman–Crippen MR) is 70.2 cm³/mol. The number of nitrogens with two attached hydrogens (primary N) is 1. The van der Waals surface area contributed by atoms with E-state index >= 15 is 0 Å². The molecule has 0 fully saturated rings. The molecule has 0 amide bonds. The molecule has 0 aliphatic carbocycles. The molecule has 0 heterocycles. The van der Waals surface area contributed by atoms with Gasteiger partial charge in [0.25, 0.3) is 0 Å². The topological polar surface area (TPSA) is 130 Å². The average molecular weight is 283 g/mol. The maximum atomic E-state index is 11.6. The van der Waals surface area contributed by atoms with Crippen molar-refractivity contribution < 1.29 is 29.6 Å². The summed E-state index contributed by atoms with van der Waals surface area (Å²) >= 11 is 0. The van der Waals surface area contributed by atoms with Crippen molar-refractivity contribution in [2.24, 2.45) is 0 Å². The fraction of sp³-hybridized carbons (Fsp3) is 0.385. The molecule has 7 heteroatoms. The number of anilines is 1. The van der Waals surface area contributed by atoms with E-state index in [1.54, 1.807) is 6.92 Å². The van der Waals surface area contributed by atoms with E-state index in [0.29, 0.717) is 5.56 Å². The highest BCUT2D eigenvalue weighted by Gasteiger charge is 2.23. The number of aliphatic hydroxyl groups excluding tert-OH is 2. The number of hydrogen-bond donors (Lipinski definition) is 4. The summed E-state index contributed by atoms with van der Waals surface area (Å²) in [5, 5.41) is 28.1. The molecule has 0 aliphatic rings. The fourth-order valence-corrected chi connectivity index (χ4v) is 1.77. The molecule has 1 aromatic carbocycles. The van der Waals surface area contributed by atoms with Crippen molar-refractivity contribution in [3.8, 4) is 0 Å². The Labute approximate surface area is 115 Å². The number of hydrogen-bond acceptors (Lipinski definition) is 6. The van der Waals surface area contributed by atoms with Crippen molar-refractivity contribution >= 4 is 17.6 Å². The molecule has 1 aromatic rings. The summed E-state index contributed by atoms with van der Waals surface area (Å²) in [6.45, 7) is 1.62. The normalized spacial score (nSPS) is 13.6. The van der Waals surface area contributed by atoms with E-state index < -0.39 is 30.6 Å². The zero-order valence-electron chi connectivity index (χ0n) is 11.2. The molecule has 2 atom stereocenters. The number of carboxylic acid groups (broad SMARTS) is 1. The Kier molecular flexibility index (Phi) is 5.06. The second-order valence-electron chi connectivity index (χ2n) is 4.38. The highest BCUT2D eigenvalue weighted by atomic mass is 16.5. The van der Waals surface area contributed by atoms with Gasteiger partial charge in [0.1, 0.15) is 6.10 Å². The average Bonchev–Trinajstić information content (AvgIpc) is 2.39. The number of carboxylic acids is 1. The molecule has 0 spiro atoms. The number of rotatable bonds is 5. The Morgan fingerprint density at radius 1 is 1.35 bits per heavy atom. The van der Waals surface area contributed by atoms with E-state index in [1.807, 2.05) is 0 Å². The van der Waals surface area contributed by atoms with Crippen LogP contribution in [0.15, 0.2) is 12.1 Å². The lowest BCUT2D eigenvalue weighted by atomic mass is 9.96. The van der Waals surface area contributed by atoms with Crippen molar-refractivity contribution in [2.45, 2.75) is 25.6 Å². The van der Waals surface area contributed by atoms with Crippen LogP contribution in [0, 0.1) is 6.92 Å². The van der Waals surface area contributed by atoms with Gasteiger partial charge in [-0.1, -0.05) is 0 Å². The molecule has 20 heavy (non-hydrogen) atoms. The molecule has 5 N–H and O–H groups in total. The molecular formula is C13H17NO6. The number of methoxy groups -OCH3 is 1. The second kappa shape index (κ2) is 6.36. The first kappa shape index (κ1) is 15.9. The minimum atomic E-state index is -1.50. The third-order valence-corrected chi connectivity index (χ3v) is 2.97. The summed E-state index contributed by atoms with van der Waals surface area (Å²) in [6, 6.07) is 2.71. The van der Waals surface area contributed by atoms with E-state index in [1.165, 1.54) is 19.2 Å². The Bertz CT molecular complexity index is 528. The first-order valence-corrected chi connectivity index (χ1v) is 5.84. The molecule has 1 rings (SSSR count). The Hall–Kier alpha value is -2.12. The van der Waals surface area contributed by atoms with Crippen LogP contribution in [0.25, 0.3) is 0 Å². The molecule has 0 saturated carbocycles. The highest BCUT2D eigenvalue weighted by Crippen LogP contribution is 2.26. The van der Waals surface area contributed by atoms with Crippen LogP contribution in [0.3, 0.4) is 0 Å².